The van der Waals surface area contributed by atoms with Gasteiger partial charge in [-0.2, -0.15) is 11.8 Å². The number of benzene rings is 1. The van der Waals surface area contributed by atoms with Crippen LogP contribution in [0.3, 0.4) is 0 Å². The Morgan fingerprint density at radius 1 is 0.921 bits per heavy atom. The molecule has 0 saturated carbocycles. The van der Waals surface area contributed by atoms with E-state index in [-0.39, 0.29) is 24.5 Å². The molecular formula is C25H38N4O8S. The SMILES string of the molecule is CCC(C)C(NC(=O)C(N)CCSC)C(=O)NC(Cc1ccc(O)cc1)C(=O)NC(CCC(=O)O)C(=O)O. The Morgan fingerprint density at radius 2 is 1.53 bits per heavy atom. The lowest BCUT2D eigenvalue weighted by molar-refractivity contribution is -0.143. The Balaban J connectivity index is 3.16. The minimum atomic E-state index is -1.49. The van der Waals surface area contributed by atoms with Crippen LogP contribution in [0, 0.1) is 5.92 Å². The number of nitrogens with one attached hydrogen (secondary N) is 3. The van der Waals surface area contributed by atoms with E-state index < -0.39 is 60.2 Å². The molecule has 1 aromatic carbocycles. The third-order valence-electron chi connectivity index (χ3n) is 6.03. The fourth-order valence-corrected chi connectivity index (χ4v) is 3.96. The van der Waals surface area contributed by atoms with Gasteiger partial charge in [0.1, 0.15) is 23.9 Å². The molecule has 1 rings (SSSR count). The number of nitrogens with two attached hydrogens (primary N) is 1. The standard InChI is InChI=1S/C25H38N4O8S/c1-4-14(2)21(29-22(33)17(26)11-12-38-3)24(35)28-19(13-15-5-7-16(30)8-6-15)23(34)27-18(25(36)37)9-10-20(31)32/h5-8,14,17-19,21,30H,4,9-13,26H2,1-3H3,(H,27,34)(H,28,35)(H,29,33)(H,31,32)(H,36,37). The number of aliphatic carboxylic acids is 2. The Kier molecular flexibility index (Phi) is 14.2. The first-order valence-corrected chi connectivity index (χ1v) is 13.7. The molecule has 5 atom stereocenters. The summed E-state index contributed by atoms with van der Waals surface area (Å²) in [7, 11) is 0. The minimum absolute atomic E-state index is 0.00393. The second kappa shape index (κ2) is 16.5. The zero-order valence-corrected chi connectivity index (χ0v) is 22.6. The molecule has 0 aliphatic rings. The van der Waals surface area contributed by atoms with E-state index in [1.165, 1.54) is 23.9 Å². The highest BCUT2D eigenvalue weighted by molar-refractivity contribution is 7.98. The maximum Gasteiger partial charge on any atom is 0.326 e. The predicted molar refractivity (Wildman–Crippen MR) is 143 cm³/mol. The van der Waals surface area contributed by atoms with Crippen LogP contribution in [0.2, 0.25) is 0 Å². The van der Waals surface area contributed by atoms with Crippen LogP contribution in [-0.2, 0) is 30.4 Å². The van der Waals surface area contributed by atoms with E-state index in [1.807, 2.05) is 13.2 Å². The van der Waals surface area contributed by atoms with Gasteiger partial charge in [-0.3, -0.25) is 19.2 Å². The van der Waals surface area contributed by atoms with Crippen LogP contribution in [0.25, 0.3) is 0 Å². The zero-order chi connectivity index (χ0) is 28.8. The van der Waals surface area contributed by atoms with Crippen molar-refractivity contribution in [3.8, 4) is 5.75 Å². The molecule has 0 spiro atoms. The summed E-state index contributed by atoms with van der Waals surface area (Å²) in [5.41, 5.74) is 6.51. The lowest BCUT2D eigenvalue weighted by Crippen LogP contribution is -2.59. The van der Waals surface area contributed by atoms with Crippen LogP contribution >= 0.6 is 11.8 Å². The van der Waals surface area contributed by atoms with Gasteiger partial charge in [-0.15, -0.1) is 0 Å². The number of carbonyl (C=O) groups excluding carboxylic acids is 3. The van der Waals surface area contributed by atoms with E-state index in [0.29, 0.717) is 24.2 Å². The number of hydrogen-bond acceptors (Lipinski definition) is 8. The van der Waals surface area contributed by atoms with Crippen LogP contribution in [0.4, 0.5) is 0 Å². The fourth-order valence-electron chi connectivity index (χ4n) is 3.47. The Labute approximate surface area is 226 Å². The average molecular weight is 555 g/mol. The first-order valence-electron chi connectivity index (χ1n) is 12.3. The molecule has 3 amide bonds. The third-order valence-corrected chi connectivity index (χ3v) is 6.68. The molecule has 212 valence electrons. The predicted octanol–water partition coefficient (Wildman–Crippen LogP) is 0.465. The average Bonchev–Trinajstić information content (AvgIpc) is 2.87. The van der Waals surface area contributed by atoms with Crippen LogP contribution in [0.5, 0.6) is 5.75 Å². The molecule has 0 fully saturated rings. The quantitative estimate of drug-likeness (QED) is 0.141. The van der Waals surface area contributed by atoms with Crippen molar-refractivity contribution in [1.29, 1.82) is 0 Å². The first-order chi connectivity index (χ1) is 17.9. The van der Waals surface area contributed by atoms with Crippen molar-refractivity contribution >= 4 is 41.4 Å². The van der Waals surface area contributed by atoms with Gasteiger partial charge >= 0.3 is 11.9 Å². The van der Waals surface area contributed by atoms with E-state index in [9.17, 15) is 34.2 Å². The molecule has 1 aromatic rings. The second-order valence-electron chi connectivity index (χ2n) is 9.02. The second-order valence-corrected chi connectivity index (χ2v) is 10.0. The molecule has 0 aliphatic carbocycles. The molecule has 8 N–H and O–H groups in total. The molecule has 12 nitrogen and oxygen atoms in total. The van der Waals surface area contributed by atoms with Crippen molar-refractivity contribution in [1.82, 2.24) is 16.0 Å². The van der Waals surface area contributed by atoms with Gasteiger partial charge in [-0.05, 0) is 48.5 Å². The monoisotopic (exact) mass is 554 g/mol. The highest BCUT2D eigenvalue weighted by atomic mass is 32.2. The van der Waals surface area contributed by atoms with Crippen molar-refractivity contribution in [2.75, 3.05) is 12.0 Å². The highest BCUT2D eigenvalue weighted by Crippen LogP contribution is 2.14. The van der Waals surface area contributed by atoms with Gasteiger partial charge in [0.05, 0.1) is 6.04 Å². The number of aromatic hydroxyl groups is 1. The van der Waals surface area contributed by atoms with Gasteiger partial charge in [-0.1, -0.05) is 32.4 Å². The van der Waals surface area contributed by atoms with Gasteiger partial charge in [0.2, 0.25) is 17.7 Å². The van der Waals surface area contributed by atoms with E-state index in [0.717, 1.165) is 0 Å². The van der Waals surface area contributed by atoms with Gasteiger partial charge < -0.3 is 37.0 Å². The van der Waals surface area contributed by atoms with E-state index in [1.54, 1.807) is 19.1 Å². The van der Waals surface area contributed by atoms with Crippen LogP contribution < -0.4 is 21.7 Å². The van der Waals surface area contributed by atoms with Gasteiger partial charge in [0.15, 0.2) is 0 Å². The van der Waals surface area contributed by atoms with Gasteiger partial charge in [0, 0.05) is 12.8 Å². The number of carbonyl (C=O) groups is 5. The summed E-state index contributed by atoms with van der Waals surface area (Å²) in [6, 6.07) is 1.31. The van der Waals surface area contributed by atoms with E-state index in [2.05, 4.69) is 16.0 Å². The van der Waals surface area contributed by atoms with Crippen molar-refractivity contribution in [3.63, 3.8) is 0 Å². The maximum absolute atomic E-state index is 13.3. The largest absolute Gasteiger partial charge is 0.508 e. The van der Waals surface area contributed by atoms with E-state index in [4.69, 9.17) is 10.8 Å². The molecule has 0 aromatic heterocycles. The Morgan fingerprint density at radius 3 is 2.05 bits per heavy atom. The molecule has 0 bridgehead atoms. The van der Waals surface area contributed by atoms with Crippen molar-refractivity contribution in [3.05, 3.63) is 29.8 Å². The first kappa shape index (κ1) is 32.7. The molecule has 13 heteroatoms. The number of phenols is 1. The topological polar surface area (TPSA) is 208 Å². The smallest absolute Gasteiger partial charge is 0.326 e. The number of phenolic OH excluding ortho intramolecular Hbond substituents is 1. The lowest BCUT2D eigenvalue weighted by atomic mass is 9.96. The van der Waals surface area contributed by atoms with Crippen molar-refractivity contribution in [2.45, 2.75) is 70.1 Å². The Bertz CT molecular complexity index is 959. The highest BCUT2D eigenvalue weighted by Gasteiger charge is 2.32. The number of carboxylic acids is 2. The molecule has 0 heterocycles. The summed E-state index contributed by atoms with van der Waals surface area (Å²) in [5, 5.41) is 35.5. The third kappa shape index (κ3) is 11.4. The van der Waals surface area contributed by atoms with Gasteiger partial charge in [0.25, 0.3) is 0 Å². The van der Waals surface area contributed by atoms with E-state index >= 15 is 0 Å². The molecule has 0 saturated heterocycles. The van der Waals surface area contributed by atoms with Crippen molar-refractivity contribution in [2.24, 2.45) is 11.7 Å². The maximum atomic E-state index is 13.3. The summed E-state index contributed by atoms with van der Waals surface area (Å²) in [4.78, 5) is 61.6. The summed E-state index contributed by atoms with van der Waals surface area (Å²) in [6.45, 7) is 3.60. The molecular weight excluding hydrogens is 516 g/mol. The number of rotatable bonds is 17. The number of amides is 3. The summed E-state index contributed by atoms with van der Waals surface area (Å²) in [5.74, 6) is -4.28. The number of thioether (sulfide) groups is 1. The van der Waals surface area contributed by atoms with Gasteiger partial charge in [-0.25, -0.2) is 4.79 Å². The summed E-state index contributed by atoms with van der Waals surface area (Å²) >= 11 is 1.53. The lowest BCUT2D eigenvalue weighted by Gasteiger charge is -2.28. The summed E-state index contributed by atoms with van der Waals surface area (Å²) in [6.07, 6.45) is 1.94. The minimum Gasteiger partial charge on any atom is -0.508 e. The zero-order valence-electron chi connectivity index (χ0n) is 21.8. The molecule has 0 aliphatic heterocycles. The van der Waals surface area contributed by atoms with Crippen LogP contribution in [-0.4, -0.2) is 81.2 Å². The number of carboxylic acid groups (broad SMARTS) is 2. The van der Waals surface area contributed by atoms with Crippen LogP contribution in [0.15, 0.2) is 24.3 Å². The summed E-state index contributed by atoms with van der Waals surface area (Å²) < 4.78 is 0. The molecule has 5 unspecified atom stereocenters. The Hall–Kier alpha value is -3.32. The normalized spacial score (nSPS) is 14.8. The van der Waals surface area contributed by atoms with Crippen molar-refractivity contribution < 1.29 is 39.3 Å². The fraction of sp³-hybridized carbons (Fsp3) is 0.560. The molecule has 38 heavy (non-hydrogen) atoms. The number of hydrogen-bond donors (Lipinski definition) is 7. The molecule has 0 radical (unpaired) electrons. The van der Waals surface area contributed by atoms with Crippen LogP contribution in [0.1, 0.15) is 45.1 Å².